The van der Waals surface area contributed by atoms with E-state index in [0.717, 1.165) is 30.3 Å². The largest absolute Gasteiger partial charge is 0.418 e. The Balaban J connectivity index is 1.77. The van der Waals surface area contributed by atoms with Crippen molar-refractivity contribution in [2.45, 2.75) is 13.1 Å². The standard InChI is InChI=1S/C22H24F3N3O/c1-16-3-5-17(6-4-16)7-10-21(29)26-20-9-8-18(15-19(20)22(23,24)25)28-13-11-27(2)12-14-28/h3-10,15H,11-14H2,1-2H3,(H,26,29)/b10-7+. The molecule has 0 unspecified atom stereocenters. The molecule has 7 heteroatoms. The molecule has 2 aromatic carbocycles. The van der Waals surface area contributed by atoms with Crippen molar-refractivity contribution in [2.24, 2.45) is 0 Å². The molecule has 0 radical (unpaired) electrons. The van der Waals surface area contributed by atoms with Crippen LogP contribution in [0.2, 0.25) is 0 Å². The molecular formula is C22H24F3N3O. The van der Waals surface area contributed by atoms with Crippen LogP contribution in [0.25, 0.3) is 6.08 Å². The molecule has 4 nitrogen and oxygen atoms in total. The van der Waals surface area contributed by atoms with Crippen molar-refractivity contribution in [3.8, 4) is 0 Å². The number of carbonyl (C=O) groups excluding carboxylic acids is 1. The lowest BCUT2D eigenvalue weighted by atomic mass is 10.1. The van der Waals surface area contributed by atoms with E-state index in [2.05, 4.69) is 10.2 Å². The van der Waals surface area contributed by atoms with Gasteiger partial charge in [-0.15, -0.1) is 0 Å². The maximum absolute atomic E-state index is 13.6. The minimum Gasteiger partial charge on any atom is -0.369 e. The number of halogens is 3. The van der Waals surface area contributed by atoms with Crippen LogP contribution in [-0.2, 0) is 11.0 Å². The van der Waals surface area contributed by atoms with Crippen LogP contribution >= 0.6 is 0 Å². The van der Waals surface area contributed by atoms with E-state index >= 15 is 0 Å². The smallest absolute Gasteiger partial charge is 0.369 e. The van der Waals surface area contributed by atoms with Crippen molar-refractivity contribution in [3.63, 3.8) is 0 Å². The third kappa shape index (κ3) is 5.60. The van der Waals surface area contributed by atoms with Crippen molar-refractivity contribution >= 4 is 23.4 Å². The van der Waals surface area contributed by atoms with Gasteiger partial charge in [0.15, 0.2) is 0 Å². The molecule has 0 aliphatic carbocycles. The average molecular weight is 403 g/mol. The molecule has 1 amide bonds. The van der Waals surface area contributed by atoms with Crippen molar-refractivity contribution in [1.82, 2.24) is 4.90 Å². The summed E-state index contributed by atoms with van der Waals surface area (Å²) < 4.78 is 40.8. The minimum absolute atomic E-state index is 0.242. The molecule has 154 valence electrons. The van der Waals surface area contributed by atoms with Crippen molar-refractivity contribution in [1.29, 1.82) is 0 Å². The summed E-state index contributed by atoms with van der Waals surface area (Å²) in [6.07, 6.45) is -1.76. The summed E-state index contributed by atoms with van der Waals surface area (Å²) in [5.41, 5.74) is 1.31. The normalized spacial score (nSPS) is 15.7. The molecule has 1 N–H and O–H groups in total. The second kappa shape index (κ2) is 8.69. The highest BCUT2D eigenvalue weighted by atomic mass is 19.4. The van der Waals surface area contributed by atoms with Gasteiger partial charge in [-0.1, -0.05) is 29.8 Å². The van der Waals surface area contributed by atoms with Crippen LogP contribution in [0.15, 0.2) is 48.5 Å². The van der Waals surface area contributed by atoms with Gasteiger partial charge in [0, 0.05) is 37.9 Å². The van der Waals surface area contributed by atoms with Crippen LogP contribution in [0.5, 0.6) is 0 Å². The number of piperazine rings is 1. The maximum atomic E-state index is 13.6. The zero-order chi connectivity index (χ0) is 21.0. The Morgan fingerprint density at radius 3 is 2.31 bits per heavy atom. The zero-order valence-corrected chi connectivity index (χ0v) is 16.5. The highest BCUT2D eigenvalue weighted by Crippen LogP contribution is 2.37. The topological polar surface area (TPSA) is 35.6 Å². The third-order valence-electron chi connectivity index (χ3n) is 4.94. The van der Waals surface area contributed by atoms with Crippen molar-refractivity contribution in [2.75, 3.05) is 43.4 Å². The maximum Gasteiger partial charge on any atom is 0.418 e. The lowest BCUT2D eigenvalue weighted by molar-refractivity contribution is -0.136. The first-order chi connectivity index (χ1) is 13.7. The number of nitrogens with one attached hydrogen (secondary N) is 1. The van der Waals surface area contributed by atoms with E-state index in [1.807, 2.05) is 43.1 Å². The van der Waals surface area contributed by atoms with Gasteiger partial charge < -0.3 is 15.1 Å². The molecular weight excluding hydrogens is 379 g/mol. The quantitative estimate of drug-likeness (QED) is 0.768. The molecule has 1 heterocycles. The molecule has 3 rings (SSSR count). The molecule has 1 saturated heterocycles. The molecule has 1 aliphatic heterocycles. The lowest BCUT2D eigenvalue weighted by Gasteiger charge is -2.34. The van der Waals surface area contributed by atoms with E-state index in [-0.39, 0.29) is 5.69 Å². The van der Waals surface area contributed by atoms with Gasteiger partial charge in [-0.3, -0.25) is 4.79 Å². The van der Waals surface area contributed by atoms with Crippen molar-refractivity contribution in [3.05, 3.63) is 65.2 Å². The number of rotatable bonds is 4. The number of hydrogen-bond acceptors (Lipinski definition) is 3. The average Bonchev–Trinajstić information content (AvgIpc) is 2.68. The summed E-state index contributed by atoms with van der Waals surface area (Å²) in [6.45, 7) is 4.87. The van der Waals surface area contributed by atoms with Gasteiger partial charge in [-0.05, 0) is 43.8 Å². The Morgan fingerprint density at radius 1 is 1.03 bits per heavy atom. The third-order valence-corrected chi connectivity index (χ3v) is 4.94. The van der Waals surface area contributed by atoms with Gasteiger partial charge >= 0.3 is 6.18 Å². The summed E-state index contributed by atoms with van der Waals surface area (Å²) in [5.74, 6) is -0.608. The molecule has 0 bridgehead atoms. The molecule has 2 aromatic rings. The van der Waals surface area contributed by atoms with Gasteiger partial charge in [0.05, 0.1) is 11.3 Å². The number of nitrogens with zero attached hydrogens (tertiary/aromatic N) is 2. The van der Waals surface area contributed by atoms with Crippen LogP contribution in [0.1, 0.15) is 16.7 Å². The first-order valence-corrected chi connectivity index (χ1v) is 9.43. The van der Waals surface area contributed by atoms with Crippen LogP contribution in [-0.4, -0.2) is 44.0 Å². The second-order valence-electron chi connectivity index (χ2n) is 7.25. The predicted molar refractivity (Wildman–Crippen MR) is 110 cm³/mol. The number of hydrogen-bond donors (Lipinski definition) is 1. The number of anilines is 2. The first-order valence-electron chi connectivity index (χ1n) is 9.43. The SMILES string of the molecule is Cc1ccc(/C=C/C(=O)Nc2ccc(N3CCN(C)CC3)cc2C(F)(F)F)cc1. The summed E-state index contributed by atoms with van der Waals surface area (Å²) in [4.78, 5) is 16.2. The van der Waals surface area contributed by atoms with Crippen LogP contribution in [0.3, 0.4) is 0 Å². The minimum atomic E-state index is -4.56. The number of benzene rings is 2. The van der Waals surface area contributed by atoms with E-state index in [0.29, 0.717) is 18.8 Å². The van der Waals surface area contributed by atoms with Gasteiger partial charge in [0.1, 0.15) is 0 Å². The number of carbonyl (C=O) groups is 1. The Kier molecular flexibility index (Phi) is 6.27. The van der Waals surface area contributed by atoms with E-state index in [4.69, 9.17) is 0 Å². The molecule has 0 atom stereocenters. The number of amides is 1. The Labute approximate surface area is 168 Å². The Morgan fingerprint density at radius 2 is 1.69 bits per heavy atom. The second-order valence-corrected chi connectivity index (χ2v) is 7.25. The van der Waals surface area contributed by atoms with E-state index in [9.17, 15) is 18.0 Å². The van der Waals surface area contributed by atoms with Gasteiger partial charge in [-0.2, -0.15) is 13.2 Å². The number of likely N-dealkylation sites (N-methyl/N-ethyl adjacent to an activating group) is 1. The van der Waals surface area contributed by atoms with Gasteiger partial charge in [0.2, 0.25) is 5.91 Å². The summed E-state index contributed by atoms with van der Waals surface area (Å²) in [5, 5.41) is 2.36. The van der Waals surface area contributed by atoms with Crippen LogP contribution < -0.4 is 10.2 Å². The summed E-state index contributed by atoms with van der Waals surface area (Å²) >= 11 is 0. The van der Waals surface area contributed by atoms with Crippen molar-refractivity contribution < 1.29 is 18.0 Å². The molecule has 0 saturated carbocycles. The fraction of sp³-hybridized carbons (Fsp3) is 0.318. The zero-order valence-electron chi connectivity index (χ0n) is 16.5. The summed E-state index contributed by atoms with van der Waals surface area (Å²) in [7, 11) is 1.99. The number of aryl methyl sites for hydroxylation is 1. The fourth-order valence-corrected chi connectivity index (χ4v) is 3.16. The highest BCUT2D eigenvalue weighted by molar-refractivity contribution is 6.02. The fourth-order valence-electron chi connectivity index (χ4n) is 3.16. The number of alkyl halides is 3. The van der Waals surface area contributed by atoms with E-state index in [1.165, 1.54) is 12.1 Å². The lowest BCUT2D eigenvalue weighted by Crippen LogP contribution is -2.44. The molecule has 1 fully saturated rings. The monoisotopic (exact) mass is 403 g/mol. The molecule has 0 spiro atoms. The van der Waals surface area contributed by atoms with Crippen LogP contribution in [0.4, 0.5) is 24.5 Å². The van der Waals surface area contributed by atoms with Gasteiger partial charge in [0.25, 0.3) is 0 Å². The molecule has 1 aliphatic rings. The molecule has 0 aromatic heterocycles. The van der Waals surface area contributed by atoms with E-state index in [1.54, 1.807) is 12.1 Å². The summed E-state index contributed by atoms with van der Waals surface area (Å²) in [6, 6.07) is 11.5. The molecule has 29 heavy (non-hydrogen) atoms. The first kappa shape index (κ1) is 20.9. The Hall–Kier alpha value is -2.80. The predicted octanol–water partition coefficient (Wildman–Crippen LogP) is 4.42. The highest BCUT2D eigenvalue weighted by Gasteiger charge is 2.34. The Bertz CT molecular complexity index is 883. The van der Waals surface area contributed by atoms with Gasteiger partial charge in [-0.25, -0.2) is 0 Å². The van der Waals surface area contributed by atoms with E-state index < -0.39 is 17.6 Å². The van der Waals surface area contributed by atoms with Crippen LogP contribution in [0, 0.1) is 6.92 Å².